The summed E-state index contributed by atoms with van der Waals surface area (Å²) in [5, 5.41) is -0.0397. The van der Waals surface area contributed by atoms with Crippen LogP contribution in [0.15, 0.2) is 12.1 Å². The first-order valence-corrected chi connectivity index (χ1v) is 10.1. The van der Waals surface area contributed by atoms with E-state index in [1.807, 2.05) is 0 Å². The van der Waals surface area contributed by atoms with Gasteiger partial charge in [0, 0.05) is 0 Å². The fraction of sp³-hybridized carbons (Fsp3) is 0.650. The lowest BCUT2D eigenvalue weighted by Gasteiger charge is -2.29. The summed E-state index contributed by atoms with van der Waals surface area (Å²) in [7, 11) is 6.48. The Morgan fingerprint density at radius 3 is 1.92 bits per heavy atom. The minimum Gasteiger partial charge on any atom is -0.426 e. The van der Waals surface area contributed by atoms with Gasteiger partial charge in [-0.25, -0.2) is 0 Å². The van der Waals surface area contributed by atoms with Crippen molar-refractivity contribution >= 4 is 29.5 Å². The summed E-state index contributed by atoms with van der Waals surface area (Å²) in [6, 6.07) is 4.43. The molecule has 0 atom stereocenters. The van der Waals surface area contributed by atoms with Crippen molar-refractivity contribution in [1.29, 1.82) is 0 Å². The summed E-state index contributed by atoms with van der Waals surface area (Å²) in [6.07, 6.45) is 8.45. The zero-order chi connectivity index (χ0) is 18.7. The maximum atomic E-state index is 13.1. The van der Waals surface area contributed by atoms with Gasteiger partial charge in [0.25, 0.3) is 0 Å². The molecular weight excluding hydrogens is 305 g/mol. The second kappa shape index (κ2) is 8.06. The van der Waals surface area contributed by atoms with Crippen LogP contribution in [0, 0.1) is 12.3 Å². The normalized spacial score (nSPS) is 15.8. The molecule has 2 nitrogen and oxygen atoms in total. The molecule has 1 aliphatic carbocycles. The molecule has 0 spiro atoms. The number of rotatable bonds is 9. The lowest BCUT2D eigenvalue weighted by atomic mass is 9.36. The highest BCUT2D eigenvalue weighted by Gasteiger charge is 2.58. The third-order valence-electron chi connectivity index (χ3n) is 5.76. The Morgan fingerprint density at radius 1 is 1.08 bits per heavy atom. The van der Waals surface area contributed by atoms with Gasteiger partial charge in [-0.3, -0.25) is 4.79 Å². The van der Waals surface area contributed by atoms with Crippen LogP contribution < -0.4 is 4.74 Å². The Hall–Kier alpha value is -1.12. The minimum absolute atomic E-state index is 0.0145. The van der Waals surface area contributed by atoms with Crippen LogP contribution in [0.5, 0.6) is 5.75 Å². The molecule has 1 aliphatic rings. The van der Waals surface area contributed by atoms with E-state index in [9.17, 15) is 4.79 Å². The Morgan fingerprint density at radius 2 is 1.56 bits per heavy atom. The van der Waals surface area contributed by atoms with Crippen LogP contribution in [0.25, 0.3) is 0 Å². The summed E-state index contributed by atoms with van der Waals surface area (Å²) in [4.78, 5) is 13.1. The monoisotopic (exact) mass is 338 g/mol. The second-order valence-electron chi connectivity index (χ2n) is 8.84. The third-order valence-corrected chi connectivity index (χ3v) is 5.76. The van der Waals surface area contributed by atoms with Gasteiger partial charge in [-0.15, -0.1) is 0 Å². The number of unbranched alkanes of at least 4 members (excludes halogenated alkanes) is 2. The van der Waals surface area contributed by atoms with Crippen LogP contribution in [0.1, 0.15) is 69.1 Å². The molecule has 0 heterocycles. The Bertz CT molecular complexity index is 587. The molecule has 0 amide bonds. The lowest BCUT2D eigenvalue weighted by molar-refractivity contribution is -0.140. The zero-order valence-corrected chi connectivity index (χ0v) is 17.1. The van der Waals surface area contributed by atoms with Gasteiger partial charge >= 0.3 is 5.97 Å². The third kappa shape index (κ3) is 4.54. The molecule has 1 saturated carbocycles. The van der Waals surface area contributed by atoms with Crippen LogP contribution in [-0.2, 0) is 17.6 Å². The molecule has 1 aromatic carbocycles. The first-order chi connectivity index (χ1) is 11.7. The molecule has 134 valence electrons. The van der Waals surface area contributed by atoms with Gasteiger partial charge in [0.2, 0.25) is 0 Å². The highest BCUT2D eigenvalue weighted by Crippen LogP contribution is 2.59. The predicted molar refractivity (Wildman–Crippen MR) is 114 cm³/mol. The molecule has 0 aromatic heterocycles. The molecule has 0 N–H and O–H groups in total. The topological polar surface area (TPSA) is 26.3 Å². The fourth-order valence-electron chi connectivity index (χ4n) is 3.74. The van der Waals surface area contributed by atoms with Crippen LogP contribution >= 0.6 is 0 Å². The smallest absolute Gasteiger partial charge is 0.315 e. The number of carbonyl (C=O) groups is 1. The van der Waals surface area contributed by atoms with Crippen molar-refractivity contribution in [2.75, 3.05) is 0 Å². The van der Waals surface area contributed by atoms with Gasteiger partial charge < -0.3 is 4.74 Å². The minimum atomic E-state index is -0.290. The van der Waals surface area contributed by atoms with E-state index < -0.39 is 0 Å². The number of hydrogen-bond acceptors (Lipinski definition) is 2. The van der Waals surface area contributed by atoms with Crippen molar-refractivity contribution in [3.63, 3.8) is 0 Å². The van der Waals surface area contributed by atoms with E-state index >= 15 is 0 Å². The average molecular weight is 338 g/mol. The van der Waals surface area contributed by atoms with Gasteiger partial charge in [-0.2, -0.15) is 0 Å². The molecule has 0 radical (unpaired) electrons. The number of aryl methyl sites for hydroxylation is 3. The van der Waals surface area contributed by atoms with Crippen LogP contribution in [-0.4, -0.2) is 29.5 Å². The summed E-state index contributed by atoms with van der Waals surface area (Å²) >= 11 is 0. The predicted octanol–water partition coefficient (Wildman–Crippen LogP) is 2.34. The van der Waals surface area contributed by atoms with Crippen molar-refractivity contribution in [3.05, 3.63) is 28.8 Å². The highest BCUT2D eigenvalue weighted by molar-refractivity contribution is 6.60. The molecule has 25 heavy (non-hydrogen) atoms. The number of esters is 1. The SMILES string of the molecule is BC(B)(B)C1(C(=O)Oc2c(CCCC)cc(C)cc2CCCC)CC1. The van der Waals surface area contributed by atoms with Crippen molar-refractivity contribution < 1.29 is 9.53 Å². The van der Waals surface area contributed by atoms with E-state index in [-0.39, 0.29) is 16.5 Å². The van der Waals surface area contributed by atoms with Crippen molar-refractivity contribution in [1.82, 2.24) is 0 Å². The molecule has 0 unspecified atom stereocenters. The maximum Gasteiger partial charge on any atom is 0.315 e. The molecule has 5 heteroatoms. The summed E-state index contributed by atoms with van der Waals surface area (Å²) in [6.45, 7) is 6.56. The van der Waals surface area contributed by atoms with Gasteiger partial charge in [-0.1, -0.05) is 49.5 Å². The average Bonchev–Trinajstić information content (AvgIpc) is 3.34. The Labute approximate surface area is 156 Å². The largest absolute Gasteiger partial charge is 0.426 e. The van der Waals surface area contributed by atoms with E-state index in [0.29, 0.717) is 0 Å². The quantitative estimate of drug-likeness (QED) is 0.393. The van der Waals surface area contributed by atoms with E-state index in [0.717, 1.165) is 57.1 Å². The Balaban J connectivity index is 2.34. The standard InChI is InChI=1S/C20H33B3O2/c1-4-6-8-15-12-14(3)13-16(9-7-5-2)17(15)25-18(24)19(10-11-19)20(21,22)23/h12-13H,4-11,21-23H2,1-3H3. The summed E-state index contributed by atoms with van der Waals surface area (Å²) < 4.78 is 6.14. The summed E-state index contributed by atoms with van der Waals surface area (Å²) in [5.41, 5.74) is 3.41. The van der Waals surface area contributed by atoms with Crippen LogP contribution in [0.3, 0.4) is 0 Å². The van der Waals surface area contributed by atoms with Crippen molar-refractivity contribution in [2.24, 2.45) is 5.41 Å². The van der Waals surface area contributed by atoms with Crippen LogP contribution in [0.4, 0.5) is 0 Å². The van der Waals surface area contributed by atoms with E-state index in [1.165, 1.54) is 16.7 Å². The maximum absolute atomic E-state index is 13.1. The first-order valence-electron chi connectivity index (χ1n) is 10.1. The molecule has 1 fully saturated rings. The van der Waals surface area contributed by atoms with Crippen molar-refractivity contribution in [3.8, 4) is 5.75 Å². The molecule has 0 bridgehead atoms. The number of carbonyl (C=O) groups excluding carboxylic acids is 1. The first kappa shape index (κ1) is 20.2. The molecule has 0 aliphatic heterocycles. The fourth-order valence-corrected chi connectivity index (χ4v) is 3.74. The Kier molecular flexibility index (Phi) is 6.51. The lowest BCUT2D eigenvalue weighted by Crippen LogP contribution is -2.36. The number of hydrogen-bond donors (Lipinski definition) is 0. The molecule has 1 aromatic rings. The van der Waals surface area contributed by atoms with E-state index in [2.05, 4.69) is 56.4 Å². The second-order valence-corrected chi connectivity index (χ2v) is 8.84. The van der Waals surface area contributed by atoms with Crippen LogP contribution in [0.2, 0.25) is 5.11 Å². The molecule has 0 saturated heterocycles. The zero-order valence-electron chi connectivity index (χ0n) is 17.1. The van der Waals surface area contributed by atoms with E-state index in [4.69, 9.17) is 4.74 Å². The van der Waals surface area contributed by atoms with Gasteiger partial charge in [0.05, 0.1) is 29.0 Å². The summed E-state index contributed by atoms with van der Waals surface area (Å²) in [5.74, 6) is 0.854. The highest BCUT2D eigenvalue weighted by atomic mass is 16.5. The van der Waals surface area contributed by atoms with Gasteiger partial charge in [-0.05, 0) is 56.6 Å². The van der Waals surface area contributed by atoms with Gasteiger partial charge in [0.15, 0.2) is 0 Å². The molecule has 2 rings (SSSR count). The molecular formula is C20H33B3O2. The number of benzene rings is 1. The van der Waals surface area contributed by atoms with Crippen molar-refractivity contribution in [2.45, 2.75) is 77.3 Å². The number of ether oxygens (including phenoxy) is 1. The van der Waals surface area contributed by atoms with E-state index in [1.54, 1.807) is 0 Å². The van der Waals surface area contributed by atoms with Gasteiger partial charge in [0.1, 0.15) is 5.75 Å².